The predicted molar refractivity (Wildman–Crippen MR) is 60.7 cm³/mol. The molecule has 0 aromatic heterocycles. The van der Waals surface area contributed by atoms with Gasteiger partial charge in [0.2, 0.25) is 0 Å². The first-order valence-corrected chi connectivity index (χ1v) is 4.66. The molecule has 1 aromatic carbocycles. The number of aryl methyl sites for hydroxylation is 1. The van der Waals surface area contributed by atoms with Crippen molar-refractivity contribution < 1.29 is 9.50 Å². The van der Waals surface area contributed by atoms with E-state index >= 15 is 0 Å². The Balaban J connectivity index is 0.00000169. The van der Waals surface area contributed by atoms with E-state index in [1.54, 1.807) is 19.1 Å². The van der Waals surface area contributed by atoms with Gasteiger partial charge in [-0.25, -0.2) is 4.39 Å². The maximum Gasteiger partial charge on any atom is 0.123 e. The Bertz CT molecular complexity index is 322. The molecule has 0 fully saturated rings. The van der Waals surface area contributed by atoms with Gasteiger partial charge in [-0.05, 0) is 24.6 Å². The summed E-state index contributed by atoms with van der Waals surface area (Å²) in [6, 6.07) is 2.63. The molecule has 80 valence electrons. The number of halogens is 3. The van der Waals surface area contributed by atoms with Crippen molar-refractivity contribution in [3.63, 3.8) is 0 Å². The minimum absolute atomic E-state index is 0. The largest absolute Gasteiger partial charge is 0.507 e. The molecule has 0 amide bonds. The first kappa shape index (κ1) is 13.7. The second-order valence-corrected chi connectivity index (χ2v) is 3.84. The van der Waals surface area contributed by atoms with Gasteiger partial charge in [-0.15, -0.1) is 12.4 Å². The van der Waals surface area contributed by atoms with Gasteiger partial charge in [-0.3, -0.25) is 0 Å². The van der Waals surface area contributed by atoms with Crippen molar-refractivity contribution >= 4 is 28.3 Å². The van der Waals surface area contributed by atoms with E-state index in [2.05, 4.69) is 15.9 Å². The third kappa shape index (κ3) is 2.83. The van der Waals surface area contributed by atoms with E-state index in [1.165, 1.54) is 0 Å². The lowest BCUT2D eigenvalue weighted by atomic mass is 10.0. The molecule has 1 rings (SSSR count). The fraction of sp³-hybridized carbons (Fsp3) is 0.333. The molecule has 14 heavy (non-hydrogen) atoms. The molecule has 0 aliphatic heterocycles. The van der Waals surface area contributed by atoms with Gasteiger partial charge in [0.05, 0.1) is 6.04 Å². The van der Waals surface area contributed by atoms with E-state index in [1.807, 2.05) is 0 Å². The Kier molecular flexibility index (Phi) is 5.41. The Labute approximate surface area is 96.8 Å². The number of nitrogens with two attached hydrogens (primary N) is 1. The molecule has 0 radical (unpaired) electrons. The lowest BCUT2D eigenvalue weighted by Gasteiger charge is -2.12. The molecule has 0 bridgehead atoms. The van der Waals surface area contributed by atoms with E-state index in [9.17, 15) is 9.50 Å². The van der Waals surface area contributed by atoms with Gasteiger partial charge in [0.25, 0.3) is 0 Å². The van der Waals surface area contributed by atoms with Crippen LogP contribution in [0.1, 0.15) is 17.2 Å². The lowest BCUT2D eigenvalue weighted by Crippen LogP contribution is -2.12. The second-order valence-electron chi connectivity index (χ2n) is 2.92. The lowest BCUT2D eigenvalue weighted by molar-refractivity contribution is 0.413. The van der Waals surface area contributed by atoms with Crippen LogP contribution in [0, 0.1) is 6.92 Å². The average Bonchev–Trinajstić information content (AvgIpc) is 2.10. The van der Waals surface area contributed by atoms with Crippen molar-refractivity contribution in [1.82, 2.24) is 0 Å². The number of rotatable bonds is 2. The minimum Gasteiger partial charge on any atom is -0.507 e. The fourth-order valence-corrected chi connectivity index (χ4v) is 1.72. The zero-order chi connectivity index (χ0) is 10.0. The summed E-state index contributed by atoms with van der Waals surface area (Å²) < 4.78 is 13.1. The van der Waals surface area contributed by atoms with Gasteiger partial charge in [0.1, 0.15) is 12.4 Å². The fourth-order valence-electron chi connectivity index (χ4n) is 1.13. The summed E-state index contributed by atoms with van der Waals surface area (Å²) in [6.45, 7) is 1.07. The van der Waals surface area contributed by atoms with Crippen molar-refractivity contribution in [2.24, 2.45) is 5.73 Å². The van der Waals surface area contributed by atoms with Crippen molar-refractivity contribution in [2.45, 2.75) is 13.0 Å². The predicted octanol–water partition coefficient (Wildman–Crippen LogP) is 2.85. The number of phenolic OH excluding ortho intramolecular Hbond substituents is 1. The van der Waals surface area contributed by atoms with Crippen LogP contribution < -0.4 is 5.73 Å². The van der Waals surface area contributed by atoms with Crippen LogP contribution in [0.5, 0.6) is 5.75 Å². The number of hydrogen-bond donors (Lipinski definition) is 2. The van der Waals surface area contributed by atoms with Crippen LogP contribution in [0.3, 0.4) is 0 Å². The standard InChI is InChI=1S/C9H11BrFNO.ClH/c1-5-2-6(10)3-7(9(5)13)8(12)4-11;/h2-3,8,13H,4,12H2,1H3;1H/t8-;/m0./s1. The minimum atomic E-state index is -0.754. The summed E-state index contributed by atoms with van der Waals surface area (Å²) in [6.07, 6.45) is 0. The first-order chi connectivity index (χ1) is 6.06. The zero-order valence-corrected chi connectivity index (χ0v) is 10.0. The number of hydrogen-bond acceptors (Lipinski definition) is 2. The zero-order valence-electron chi connectivity index (χ0n) is 7.63. The van der Waals surface area contributed by atoms with Gasteiger partial charge in [-0.2, -0.15) is 0 Å². The highest BCUT2D eigenvalue weighted by Gasteiger charge is 2.13. The Morgan fingerprint density at radius 3 is 2.64 bits per heavy atom. The summed E-state index contributed by atoms with van der Waals surface area (Å²) >= 11 is 3.26. The van der Waals surface area contributed by atoms with E-state index in [4.69, 9.17) is 5.73 Å². The molecule has 1 aromatic rings. The molecular formula is C9H12BrClFNO. The molecule has 0 saturated heterocycles. The quantitative estimate of drug-likeness (QED) is 0.877. The molecule has 0 unspecified atom stereocenters. The molecule has 0 heterocycles. The van der Waals surface area contributed by atoms with Crippen molar-refractivity contribution in [2.75, 3.05) is 6.67 Å². The average molecular weight is 285 g/mol. The van der Waals surface area contributed by atoms with Gasteiger partial charge in [-0.1, -0.05) is 15.9 Å². The van der Waals surface area contributed by atoms with Crippen LogP contribution in [0.4, 0.5) is 4.39 Å². The summed E-state index contributed by atoms with van der Waals surface area (Å²) in [4.78, 5) is 0. The molecule has 0 saturated carbocycles. The Hall–Kier alpha value is -0.320. The van der Waals surface area contributed by atoms with E-state index in [-0.39, 0.29) is 18.2 Å². The van der Waals surface area contributed by atoms with Crippen molar-refractivity contribution in [3.05, 3.63) is 27.7 Å². The Morgan fingerprint density at radius 1 is 1.57 bits per heavy atom. The van der Waals surface area contributed by atoms with Crippen LogP contribution in [0.15, 0.2) is 16.6 Å². The van der Waals surface area contributed by atoms with Crippen molar-refractivity contribution in [1.29, 1.82) is 0 Å². The maximum absolute atomic E-state index is 12.3. The van der Waals surface area contributed by atoms with Crippen LogP contribution in [-0.4, -0.2) is 11.8 Å². The smallest absolute Gasteiger partial charge is 0.123 e. The molecule has 5 heteroatoms. The van der Waals surface area contributed by atoms with Crippen LogP contribution in [-0.2, 0) is 0 Å². The SMILES string of the molecule is Cc1cc(Br)cc([C@@H](N)CF)c1O.Cl. The molecular weight excluding hydrogens is 272 g/mol. The number of benzene rings is 1. The van der Waals surface area contributed by atoms with Gasteiger partial charge >= 0.3 is 0 Å². The summed E-state index contributed by atoms with van der Waals surface area (Å²) in [7, 11) is 0. The van der Waals surface area contributed by atoms with E-state index in [0.717, 1.165) is 4.47 Å². The van der Waals surface area contributed by atoms with Crippen LogP contribution in [0.2, 0.25) is 0 Å². The van der Waals surface area contributed by atoms with Crippen molar-refractivity contribution in [3.8, 4) is 5.75 Å². The highest BCUT2D eigenvalue weighted by Crippen LogP contribution is 2.30. The van der Waals surface area contributed by atoms with E-state index in [0.29, 0.717) is 11.1 Å². The monoisotopic (exact) mass is 283 g/mol. The molecule has 1 atom stereocenters. The van der Waals surface area contributed by atoms with E-state index < -0.39 is 12.7 Å². The maximum atomic E-state index is 12.3. The third-order valence-corrected chi connectivity index (χ3v) is 2.32. The van der Waals surface area contributed by atoms with Crippen LogP contribution >= 0.6 is 28.3 Å². The molecule has 0 spiro atoms. The highest BCUT2D eigenvalue weighted by molar-refractivity contribution is 9.10. The number of aromatic hydroxyl groups is 1. The summed E-state index contributed by atoms with van der Waals surface area (Å²) in [5.74, 6) is 0.0772. The van der Waals surface area contributed by atoms with Gasteiger partial charge in [0.15, 0.2) is 0 Å². The molecule has 0 aliphatic carbocycles. The van der Waals surface area contributed by atoms with Crippen LogP contribution in [0.25, 0.3) is 0 Å². The number of alkyl halides is 1. The Morgan fingerprint density at radius 2 is 2.14 bits per heavy atom. The highest BCUT2D eigenvalue weighted by atomic mass is 79.9. The molecule has 3 N–H and O–H groups in total. The third-order valence-electron chi connectivity index (χ3n) is 1.86. The molecule has 2 nitrogen and oxygen atoms in total. The summed E-state index contributed by atoms with van der Waals surface area (Å²) in [5, 5.41) is 9.56. The topological polar surface area (TPSA) is 46.2 Å². The summed E-state index contributed by atoms with van der Waals surface area (Å²) in [5.41, 5.74) is 6.60. The van der Waals surface area contributed by atoms with Gasteiger partial charge in [0, 0.05) is 10.0 Å². The first-order valence-electron chi connectivity index (χ1n) is 3.86. The molecule has 0 aliphatic rings. The number of phenols is 1. The van der Waals surface area contributed by atoms with Gasteiger partial charge < -0.3 is 10.8 Å². The second kappa shape index (κ2) is 5.53. The normalized spacial score (nSPS) is 12.0.